The second kappa shape index (κ2) is 7.29. The minimum absolute atomic E-state index is 0.192. The first-order valence-corrected chi connectivity index (χ1v) is 7.08. The normalized spacial score (nSPS) is 12.2. The number of nitrogens with one attached hydrogen (secondary N) is 1. The molecule has 1 N–H and O–H groups in total. The van der Waals surface area contributed by atoms with Gasteiger partial charge in [0.2, 0.25) is 0 Å². The molecular formula is C15H21ClN2O2. The molecule has 0 fully saturated rings. The van der Waals surface area contributed by atoms with E-state index >= 15 is 0 Å². The van der Waals surface area contributed by atoms with Crippen LogP contribution in [0.2, 0.25) is 0 Å². The van der Waals surface area contributed by atoms with Crippen LogP contribution in [-0.4, -0.2) is 29.8 Å². The molecule has 1 aromatic carbocycles. The van der Waals surface area contributed by atoms with E-state index in [1.54, 1.807) is 31.2 Å². The third kappa shape index (κ3) is 5.61. The van der Waals surface area contributed by atoms with Crippen molar-refractivity contribution in [1.82, 2.24) is 0 Å². The molecule has 0 saturated carbocycles. The number of carbonyl (C=O) groups is 1. The van der Waals surface area contributed by atoms with Crippen LogP contribution >= 0.6 is 11.6 Å². The molecule has 0 amide bonds. The maximum absolute atomic E-state index is 11.5. The van der Waals surface area contributed by atoms with Crippen LogP contribution in [0.25, 0.3) is 0 Å². The van der Waals surface area contributed by atoms with E-state index in [-0.39, 0.29) is 11.5 Å². The van der Waals surface area contributed by atoms with E-state index in [0.29, 0.717) is 23.9 Å². The summed E-state index contributed by atoms with van der Waals surface area (Å²) in [5, 5.41) is 3.15. The van der Waals surface area contributed by atoms with Gasteiger partial charge in [-0.2, -0.15) is 0 Å². The molecule has 4 nitrogen and oxygen atoms in total. The van der Waals surface area contributed by atoms with Crippen molar-refractivity contribution in [2.75, 3.05) is 17.8 Å². The monoisotopic (exact) mass is 296 g/mol. The Hall–Kier alpha value is -1.55. The molecule has 20 heavy (non-hydrogen) atoms. The number of hydrogen-bond donors (Lipinski definition) is 1. The molecular weight excluding hydrogens is 276 g/mol. The lowest BCUT2D eigenvalue weighted by atomic mass is 10.1. The molecule has 0 aliphatic carbocycles. The fourth-order valence-electron chi connectivity index (χ4n) is 1.57. The number of carbonyl (C=O) groups excluding carboxylic acids is 1. The van der Waals surface area contributed by atoms with Crippen LogP contribution in [0.15, 0.2) is 29.3 Å². The predicted molar refractivity (Wildman–Crippen MR) is 83.9 cm³/mol. The smallest absolute Gasteiger partial charge is 0.338 e. The molecule has 0 unspecified atom stereocenters. The fourth-order valence-corrected chi connectivity index (χ4v) is 1.69. The Morgan fingerprint density at radius 2 is 1.90 bits per heavy atom. The van der Waals surface area contributed by atoms with Crippen LogP contribution in [0.4, 0.5) is 5.69 Å². The molecule has 1 rings (SSSR count). The van der Waals surface area contributed by atoms with E-state index in [9.17, 15) is 4.79 Å². The van der Waals surface area contributed by atoms with Gasteiger partial charge in [0.05, 0.1) is 23.6 Å². The van der Waals surface area contributed by atoms with Gasteiger partial charge in [-0.15, -0.1) is 11.6 Å². The second-order valence-electron chi connectivity index (χ2n) is 5.29. The second-order valence-corrected chi connectivity index (χ2v) is 5.55. The first-order valence-electron chi connectivity index (χ1n) is 6.54. The number of nitrogens with zero attached hydrogens (tertiary/aromatic N) is 1. The molecule has 0 atom stereocenters. The van der Waals surface area contributed by atoms with Crippen LogP contribution in [0.1, 0.15) is 38.1 Å². The van der Waals surface area contributed by atoms with Crippen molar-refractivity contribution in [3.63, 3.8) is 0 Å². The summed E-state index contributed by atoms with van der Waals surface area (Å²) in [6.45, 7) is 8.16. The quantitative estimate of drug-likeness (QED) is 0.399. The van der Waals surface area contributed by atoms with Gasteiger partial charge in [0.15, 0.2) is 0 Å². The van der Waals surface area contributed by atoms with Crippen LogP contribution in [-0.2, 0) is 4.74 Å². The first-order chi connectivity index (χ1) is 9.35. The standard InChI is InChI=1S/C15H21ClN2O2/c1-5-20-14(19)11-6-8-12(9-7-11)17-13(10-16)18-15(2,3)4/h6-9H,5,10H2,1-4H3,(H,17,18). The Morgan fingerprint density at radius 1 is 1.30 bits per heavy atom. The summed E-state index contributed by atoms with van der Waals surface area (Å²) in [5.74, 6) is 0.680. The summed E-state index contributed by atoms with van der Waals surface area (Å²) in [4.78, 5) is 16.0. The van der Waals surface area contributed by atoms with Gasteiger partial charge in [-0.05, 0) is 52.0 Å². The number of rotatable bonds is 4. The van der Waals surface area contributed by atoms with Crippen LogP contribution in [0.3, 0.4) is 0 Å². The van der Waals surface area contributed by atoms with Crippen molar-refractivity contribution in [2.24, 2.45) is 4.99 Å². The molecule has 1 aromatic rings. The lowest BCUT2D eigenvalue weighted by Gasteiger charge is -2.16. The number of aliphatic imine (C=N–C) groups is 1. The molecule has 0 radical (unpaired) electrons. The zero-order chi connectivity index (χ0) is 15.2. The number of halogens is 1. The van der Waals surface area contributed by atoms with Gasteiger partial charge in [-0.3, -0.25) is 4.99 Å². The van der Waals surface area contributed by atoms with Crippen molar-refractivity contribution in [2.45, 2.75) is 33.2 Å². The number of alkyl halides is 1. The molecule has 0 spiro atoms. The van der Waals surface area contributed by atoms with Crippen molar-refractivity contribution < 1.29 is 9.53 Å². The maximum atomic E-state index is 11.5. The zero-order valence-electron chi connectivity index (χ0n) is 12.4. The number of anilines is 1. The Kier molecular flexibility index (Phi) is 6.02. The van der Waals surface area contributed by atoms with Gasteiger partial charge in [0.25, 0.3) is 0 Å². The van der Waals surface area contributed by atoms with Crippen LogP contribution in [0.5, 0.6) is 0 Å². The Bertz CT molecular complexity index is 476. The van der Waals surface area contributed by atoms with E-state index < -0.39 is 0 Å². The minimum atomic E-state index is -0.319. The van der Waals surface area contributed by atoms with E-state index in [0.717, 1.165) is 5.69 Å². The summed E-state index contributed by atoms with van der Waals surface area (Å²) < 4.78 is 4.93. The molecule has 0 saturated heterocycles. The lowest BCUT2D eigenvalue weighted by molar-refractivity contribution is 0.0526. The van der Waals surface area contributed by atoms with Gasteiger partial charge in [0, 0.05) is 5.69 Å². The van der Waals surface area contributed by atoms with Gasteiger partial charge < -0.3 is 10.1 Å². The third-order valence-corrected chi connectivity index (χ3v) is 2.53. The largest absolute Gasteiger partial charge is 0.462 e. The molecule has 110 valence electrons. The molecule has 0 bridgehead atoms. The highest BCUT2D eigenvalue weighted by atomic mass is 35.5. The number of esters is 1. The highest BCUT2D eigenvalue weighted by molar-refractivity contribution is 6.30. The number of benzene rings is 1. The molecule has 0 aromatic heterocycles. The van der Waals surface area contributed by atoms with E-state index in [4.69, 9.17) is 16.3 Å². The van der Waals surface area contributed by atoms with E-state index in [1.165, 1.54) is 0 Å². The van der Waals surface area contributed by atoms with Crippen molar-refractivity contribution in [3.8, 4) is 0 Å². The first kappa shape index (κ1) is 16.5. The van der Waals surface area contributed by atoms with Gasteiger partial charge in [-0.1, -0.05) is 0 Å². The van der Waals surface area contributed by atoms with Crippen molar-refractivity contribution in [3.05, 3.63) is 29.8 Å². The SMILES string of the molecule is CCOC(=O)c1ccc(NC(CCl)=NC(C)(C)C)cc1. The molecule has 0 aliphatic heterocycles. The summed E-state index contributed by atoms with van der Waals surface area (Å²) in [5.41, 5.74) is 1.17. The van der Waals surface area contributed by atoms with Crippen LogP contribution < -0.4 is 5.32 Å². The van der Waals surface area contributed by atoms with Gasteiger partial charge in [0.1, 0.15) is 5.84 Å². The third-order valence-electron chi connectivity index (χ3n) is 2.28. The van der Waals surface area contributed by atoms with E-state index in [1.807, 2.05) is 20.8 Å². The molecule has 5 heteroatoms. The topological polar surface area (TPSA) is 50.7 Å². The summed E-state index contributed by atoms with van der Waals surface area (Å²) in [6, 6.07) is 7.03. The number of hydrogen-bond acceptors (Lipinski definition) is 3. The molecule has 0 heterocycles. The predicted octanol–water partition coefficient (Wildman–Crippen LogP) is 3.71. The Labute approximate surface area is 125 Å². The zero-order valence-corrected chi connectivity index (χ0v) is 13.1. The average Bonchev–Trinajstić information content (AvgIpc) is 2.37. The maximum Gasteiger partial charge on any atom is 0.338 e. The van der Waals surface area contributed by atoms with E-state index in [2.05, 4.69) is 10.3 Å². The highest BCUT2D eigenvalue weighted by Gasteiger charge is 2.10. The van der Waals surface area contributed by atoms with Gasteiger partial charge >= 0.3 is 5.97 Å². The summed E-state index contributed by atoms with van der Waals surface area (Å²) in [6.07, 6.45) is 0. The number of ether oxygens (including phenoxy) is 1. The average molecular weight is 297 g/mol. The fraction of sp³-hybridized carbons (Fsp3) is 0.467. The van der Waals surface area contributed by atoms with Crippen molar-refractivity contribution in [1.29, 1.82) is 0 Å². The van der Waals surface area contributed by atoms with Gasteiger partial charge in [-0.25, -0.2) is 4.79 Å². The van der Waals surface area contributed by atoms with Crippen molar-refractivity contribution >= 4 is 29.1 Å². The highest BCUT2D eigenvalue weighted by Crippen LogP contribution is 2.13. The summed E-state index contributed by atoms with van der Waals surface area (Å²) >= 11 is 5.88. The number of amidine groups is 1. The Balaban J connectivity index is 2.79. The summed E-state index contributed by atoms with van der Waals surface area (Å²) in [7, 11) is 0. The molecule has 0 aliphatic rings. The Morgan fingerprint density at radius 3 is 2.35 bits per heavy atom. The van der Waals surface area contributed by atoms with Crippen LogP contribution in [0, 0.1) is 0 Å². The lowest BCUT2D eigenvalue weighted by Crippen LogP contribution is -2.21. The minimum Gasteiger partial charge on any atom is -0.462 e.